The fourth-order valence-electron chi connectivity index (χ4n) is 7.54. The lowest BCUT2D eigenvalue weighted by Crippen LogP contribution is -2.51. The van der Waals surface area contributed by atoms with Crippen LogP contribution in [0.4, 0.5) is 22.7 Å². The lowest BCUT2D eigenvalue weighted by molar-refractivity contribution is 0.589. The van der Waals surface area contributed by atoms with Crippen LogP contribution in [0, 0.1) is 0 Å². The summed E-state index contributed by atoms with van der Waals surface area (Å²) in [4.78, 5) is 0. The van der Waals surface area contributed by atoms with Crippen LogP contribution in [-0.2, 0) is 6.42 Å². The van der Waals surface area contributed by atoms with Crippen molar-refractivity contribution in [3.8, 4) is 0 Å². The Labute approximate surface area is 323 Å². The topological polar surface area (TPSA) is 30.5 Å². The van der Waals surface area contributed by atoms with Gasteiger partial charge in [0, 0.05) is 37.0 Å². The van der Waals surface area contributed by atoms with Gasteiger partial charge in [0.1, 0.15) is 0 Å². The zero-order valence-corrected chi connectivity index (χ0v) is 32.4. The number of allylic oxidation sites excluding steroid dienone is 9. The van der Waals surface area contributed by atoms with Gasteiger partial charge in [0.15, 0.2) is 0 Å². The van der Waals surface area contributed by atoms with E-state index < -0.39 is 0 Å². The molecule has 4 heteroatoms. The Morgan fingerprint density at radius 3 is 2.33 bits per heavy atom. The Hall–Kier alpha value is -6.00. The van der Waals surface area contributed by atoms with Crippen molar-refractivity contribution in [1.82, 2.24) is 0 Å². The van der Waals surface area contributed by atoms with E-state index in [1.165, 1.54) is 51.6 Å². The smallest absolute Gasteiger partial charge is 0.0929 e. The first-order valence-corrected chi connectivity index (χ1v) is 19.4. The molecule has 5 aromatic rings. The van der Waals surface area contributed by atoms with E-state index in [9.17, 15) is 0 Å². The molecular formula is C50H54N4. The van der Waals surface area contributed by atoms with Gasteiger partial charge >= 0.3 is 0 Å². The maximum atomic E-state index is 4.74. The number of hydrazine groups is 1. The number of rotatable bonds is 6. The highest BCUT2D eigenvalue weighted by molar-refractivity contribution is 6.03. The lowest BCUT2D eigenvalue weighted by atomic mass is 9.87. The molecule has 54 heavy (non-hydrogen) atoms. The molecule has 2 aliphatic heterocycles. The van der Waals surface area contributed by atoms with Crippen LogP contribution in [0.2, 0.25) is 0 Å². The molecule has 0 bridgehead atoms. The molecule has 5 aromatic carbocycles. The summed E-state index contributed by atoms with van der Waals surface area (Å²) in [7, 11) is 1.99. The third kappa shape index (κ3) is 7.99. The second-order valence-electron chi connectivity index (χ2n) is 13.3. The minimum Gasteiger partial charge on any atom is -0.388 e. The van der Waals surface area contributed by atoms with E-state index in [0.717, 1.165) is 53.3 Å². The van der Waals surface area contributed by atoms with E-state index in [1.54, 1.807) is 0 Å². The molecule has 1 unspecified atom stereocenters. The van der Waals surface area contributed by atoms with Crippen molar-refractivity contribution in [2.24, 2.45) is 0 Å². The van der Waals surface area contributed by atoms with Crippen LogP contribution in [-0.4, -0.2) is 20.1 Å². The Balaban J connectivity index is 0.000000560. The Morgan fingerprint density at radius 1 is 0.833 bits per heavy atom. The third-order valence-electron chi connectivity index (χ3n) is 10.1. The van der Waals surface area contributed by atoms with E-state index >= 15 is 0 Å². The van der Waals surface area contributed by atoms with E-state index in [-0.39, 0.29) is 6.04 Å². The molecule has 1 atom stereocenters. The number of fused-ring (bicyclic) bond motifs is 5. The average molecular weight is 711 g/mol. The van der Waals surface area contributed by atoms with E-state index in [4.69, 9.17) is 6.58 Å². The Bertz CT molecular complexity index is 2210. The summed E-state index contributed by atoms with van der Waals surface area (Å²) in [6.07, 6.45) is 20.0. The maximum Gasteiger partial charge on any atom is 0.0929 e. The van der Waals surface area contributed by atoms with Crippen LogP contribution in [0.3, 0.4) is 0 Å². The Morgan fingerprint density at radius 2 is 1.57 bits per heavy atom. The highest BCUT2D eigenvalue weighted by Crippen LogP contribution is 2.46. The van der Waals surface area contributed by atoms with Gasteiger partial charge in [0.2, 0.25) is 0 Å². The first kappa shape index (κ1) is 37.7. The van der Waals surface area contributed by atoms with Crippen molar-refractivity contribution in [3.63, 3.8) is 0 Å². The average Bonchev–Trinajstić information content (AvgIpc) is 3.24. The van der Waals surface area contributed by atoms with Gasteiger partial charge in [-0.1, -0.05) is 154 Å². The van der Waals surface area contributed by atoms with Gasteiger partial charge < -0.3 is 10.6 Å². The summed E-state index contributed by atoms with van der Waals surface area (Å²) in [6, 6.07) is 37.4. The molecule has 0 saturated heterocycles. The fraction of sp³-hybridized carbons (Fsp3) is 0.200. The molecule has 2 N–H and O–H groups in total. The molecule has 1 aliphatic carbocycles. The van der Waals surface area contributed by atoms with Crippen molar-refractivity contribution in [2.45, 2.75) is 46.1 Å². The van der Waals surface area contributed by atoms with Crippen molar-refractivity contribution in [2.75, 3.05) is 40.8 Å². The summed E-state index contributed by atoms with van der Waals surface area (Å²) in [5.41, 5.74) is 12.6. The highest BCUT2D eigenvalue weighted by Gasteiger charge is 2.35. The molecule has 0 spiro atoms. The molecule has 0 radical (unpaired) electrons. The van der Waals surface area contributed by atoms with Crippen LogP contribution < -0.4 is 20.7 Å². The number of para-hydroxylation sites is 2. The number of nitrogens with zero attached hydrogens (tertiary/aromatic N) is 2. The first-order chi connectivity index (χ1) is 26.6. The predicted octanol–water partition coefficient (Wildman–Crippen LogP) is 13.0. The zero-order valence-electron chi connectivity index (χ0n) is 32.4. The fourth-order valence-corrected chi connectivity index (χ4v) is 7.54. The standard InChI is InChI=1S/C42H40N4.C6H8.C2H6/c1-5-6-7-14-29(2)34-23-21-33(27-38(34)43-4)41-28-44-37-19-12-13-20-39(37)46(41)45-26-25-32-16-8-10-17-35(32)30(3)42-36-18-11-9-15-31(36)22-24-40(42)45;1-2-4-6-5-3-1;1-2/h5-24,27,41,43-44H,2-3,25-26,28H2,1,4H3;1-4H,5-6H2;1-2H3/b6-5-,14-7-;;. The van der Waals surface area contributed by atoms with Crippen molar-refractivity contribution in [1.29, 1.82) is 0 Å². The molecule has 274 valence electrons. The van der Waals surface area contributed by atoms with Gasteiger partial charge in [0.25, 0.3) is 0 Å². The van der Waals surface area contributed by atoms with E-state index in [0.29, 0.717) is 0 Å². The Kier molecular flexibility index (Phi) is 12.7. The monoisotopic (exact) mass is 710 g/mol. The molecule has 0 amide bonds. The molecule has 4 nitrogen and oxygen atoms in total. The minimum atomic E-state index is 0.0325. The van der Waals surface area contributed by atoms with Gasteiger partial charge in [-0.3, -0.25) is 10.0 Å². The molecule has 3 aliphatic rings. The molecule has 8 rings (SSSR count). The first-order valence-electron chi connectivity index (χ1n) is 19.4. The van der Waals surface area contributed by atoms with Gasteiger partial charge in [-0.2, -0.15) is 0 Å². The van der Waals surface area contributed by atoms with Crippen LogP contribution in [0.1, 0.15) is 67.5 Å². The minimum absolute atomic E-state index is 0.0325. The lowest BCUT2D eigenvalue weighted by Gasteiger charge is -2.48. The van der Waals surface area contributed by atoms with Crippen molar-refractivity contribution < 1.29 is 0 Å². The van der Waals surface area contributed by atoms with Crippen molar-refractivity contribution >= 4 is 44.7 Å². The largest absolute Gasteiger partial charge is 0.388 e. The highest BCUT2D eigenvalue weighted by atomic mass is 15.6. The second kappa shape index (κ2) is 18.2. The molecule has 0 fully saturated rings. The quantitative estimate of drug-likeness (QED) is 0.172. The number of anilines is 4. The SMILES string of the molecule is C1=CCCC=C1.C=C(/C=C\C=C/C)c1ccc(C2CNc3ccccc3N2N2CCc3ccccc3C(=C)c3c2ccc2ccccc32)cc1NC.CC. The number of hydrogen-bond donors (Lipinski definition) is 2. The summed E-state index contributed by atoms with van der Waals surface area (Å²) >= 11 is 0. The van der Waals surface area contributed by atoms with Crippen LogP contribution >= 0.6 is 0 Å². The normalized spacial score (nSPS) is 15.9. The summed E-state index contributed by atoms with van der Waals surface area (Å²) in [5, 5.41) is 14.7. The number of nitrogens with one attached hydrogen (secondary N) is 2. The maximum absolute atomic E-state index is 4.74. The van der Waals surface area contributed by atoms with Crippen LogP contribution in [0.15, 0.2) is 165 Å². The molecule has 2 heterocycles. The summed E-state index contributed by atoms with van der Waals surface area (Å²) < 4.78 is 0. The van der Waals surface area contributed by atoms with Gasteiger partial charge in [0.05, 0.1) is 23.1 Å². The molecular weight excluding hydrogens is 657 g/mol. The summed E-state index contributed by atoms with van der Waals surface area (Å²) in [5.74, 6) is 0. The van der Waals surface area contributed by atoms with Crippen LogP contribution in [0.5, 0.6) is 0 Å². The summed E-state index contributed by atoms with van der Waals surface area (Å²) in [6.45, 7) is 16.7. The van der Waals surface area contributed by atoms with Crippen LogP contribution in [0.25, 0.3) is 21.9 Å². The van der Waals surface area contributed by atoms with Gasteiger partial charge in [-0.25, -0.2) is 0 Å². The number of benzene rings is 5. The van der Waals surface area contributed by atoms with Gasteiger partial charge in [-0.05, 0) is 89.1 Å². The third-order valence-corrected chi connectivity index (χ3v) is 10.1. The van der Waals surface area contributed by atoms with E-state index in [2.05, 4.69) is 161 Å². The van der Waals surface area contributed by atoms with Crippen molar-refractivity contribution in [3.05, 3.63) is 193 Å². The zero-order chi connectivity index (χ0) is 37.9. The molecule has 0 aromatic heterocycles. The van der Waals surface area contributed by atoms with E-state index in [1.807, 2.05) is 46.0 Å². The molecule has 0 saturated carbocycles. The van der Waals surface area contributed by atoms with Gasteiger partial charge in [-0.15, -0.1) is 0 Å². The number of hydrogen-bond acceptors (Lipinski definition) is 4. The second-order valence-corrected chi connectivity index (χ2v) is 13.3. The predicted molar refractivity (Wildman–Crippen MR) is 238 cm³/mol.